The van der Waals surface area contributed by atoms with Crippen LogP contribution in [0.15, 0.2) is 42.5 Å². The number of carbonyl (C=O) groups is 1. The van der Waals surface area contributed by atoms with Crippen molar-refractivity contribution in [3.05, 3.63) is 81.5 Å². The van der Waals surface area contributed by atoms with Crippen LogP contribution < -0.4 is 5.32 Å². The molecule has 0 aliphatic carbocycles. The summed E-state index contributed by atoms with van der Waals surface area (Å²) in [5.74, 6) is -2.46. The van der Waals surface area contributed by atoms with Crippen LogP contribution in [0.3, 0.4) is 0 Å². The van der Waals surface area contributed by atoms with Crippen molar-refractivity contribution in [2.45, 2.75) is 19.5 Å². The van der Waals surface area contributed by atoms with Crippen molar-refractivity contribution in [1.82, 2.24) is 4.98 Å². The topological polar surface area (TPSA) is 42.0 Å². The van der Waals surface area contributed by atoms with Gasteiger partial charge >= 0.3 is 6.18 Å². The van der Waals surface area contributed by atoms with Crippen molar-refractivity contribution >= 4 is 22.2 Å². The summed E-state index contributed by atoms with van der Waals surface area (Å²) in [6, 6.07) is 7.41. The number of anilines is 1. The molecule has 1 heterocycles. The van der Waals surface area contributed by atoms with Crippen molar-refractivity contribution in [1.29, 1.82) is 0 Å². The highest BCUT2D eigenvalue weighted by molar-refractivity contribution is 7.16. The van der Waals surface area contributed by atoms with E-state index in [4.69, 9.17) is 0 Å². The molecule has 1 amide bonds. The van der Waals surface area contributed by atoms with Gasteiger partial charge in [-0.2, -0.15) is 13.2 Å². The molecule has 0 saturated heterocycles. The minimum absolute atomic E-state index is 0.139. The van der Waals surface area contributed by atoms with Crippen LogP contribution in [0.4, 0.5) is 27.0 Å². The third kappa shape index (κ3) is 4.53. The summed E-state index contributed by atoms with van der Waals surface area (Å²) in [4.78, 5) is 16.4. The van der Waals surface area contributed by atoms with Gasteiger partial charge in [0.25, 0.3) is 5.91 Å². The highest BCUT2D eigenvalue weighted by atomic mass is 32.1. The molecule has 0 fully saturated rings. The highest BCUT2D eigenvalue weighted by Crippen LogP contribution is 2.31. The van der Waals surface area contributed by atoms with E-state index in [-0.39, 0.29) is 6.42 Å². The van der Waals surface area contributed by atoms with Gasteiger partial charge < -0.3 is 5.32 Å². The Morgan fingerprint density at radius 3 is 2.61 bits per heavy atom. The van der Waals surface area contributed by atoms with Crippen LogP contribution in [0, 0.1) is 18.6 Å². The number of halogens is 5. The predicted molar refractivity (Wildman–Crippen MR) is 95.4 cm³/mol. The number of aromatic nitrogens is 1. The van der Waals surface area contributed by atoms with Crippen molar-refractivity contribution in [2.75, 3.05) is 5.32 Å². The van der Waals surface area contributed by atoms with Crippen molar-refractivity contribution < 1.29 is 26.7 Å². The number of nitrogens with zero attached hydrogens (tertiary/aromatic N) is 1. The second-order valence-electron chi connectivity index (χ2n) is 5.98. The molecule has 0 aliphatic rings. The second kappa shape index (κ2) is 7.67. The number of thiazole rings is 1. The van der Waals surface area contributed by atoms with Crippen molar-refractivity contribution in [2.24, 2.45) is 0 Å². The minimum Gasteiger partial charge on any atom is -0.312 e. The van der Waals surface area contributed by atoms with Crippen LogP contribution in [0.25, 0.3) is 0 Å². The zero-order valence-corrected chi connectivity index (χ0v) is 15.2. The van der Waals surface area contributed by atoms with E-state index in [1.807, 2.05) is 0 Å². The lowest BCUT2D eigenvalue weighted by atomic mass is 10.1. The first-order valence-electron chi connectivity index (χ1n) is 8.02. The standard InChI is InChI=1S/C19H13F5N2OS/c1-10-18(26-17(27)14-9-13(20)5-6-15(14)21)28-16(25-10)8-11-3-2-4-12(7-11)19(22,23)24/h2-7,9H,8H2,1H3,(H,26,27). The van der Waals surface area contributed by atoms with Gasteiger partial charge in [-0.3, -0.25) is 4.79 Å². The van der Waals surface area contributed by atoms with E-state index in [9.17, 15) is 26.7 Å². The zero-order chi connectivity index (χ0) is 20.5. The first kappa shape index (κ1) is 19.9. The second-order valence-corrected chi connectivity index (χ2v) is 7.06. The van der Waals surface area contributed by atoms with Gasteiger partial charge in [-0.15, -0.1) is 11.3 Å². The molecular weight excluding hydrogens is 399 g/mol. The molecule has 146 valence electrons. The molecule has 28 heavy (non-hydrogen) atoms. The van der Waals surface area contributed by atoms with E-state index in [0.717, 1.165) is 41.7 Å². The first-order valence-corrected chi connectivity index (χ1v) is 8.84. The molecule has 0 aliphatic heterocycles. The number of carbonyl (C=O) groups excluding carboxylic acids is 1. The van der Waals surface area contributed by atoms with Gasteiger partial charge in [-0.1, -0.05) is 18.2 Å². The van der Waals surface area contributed by atoms with Crippen LogP contribution in [0.1, 0.15) is 32.2 Å². The molecule has 0 unspecified atom stereocenters. The van der Waals surface area contributed by atoms with Crippen LogP contribution in [-0.4, -0.2) is 10.9 Å². The maximum atomic E-state index is 13.7. The summed E-state index contributed by atoms with van der Waals surface area (Å²) in [5.41, 5.74) is -0.365. The lowest BCUT2D eigenvalue weighted by Gasteiger charge is -2.07. The average Bonchev–Trinajstić information content (AvgIpc) is 2.95. The van der Waals surface area contributed by atoms with Gasteiger partial charge in [0.2, 0.25) is 0 Å². The van der Waals surface area contributed by atoms with E-state index >= 15 is 0 Å². The van der Waals surface area contributed by atoms with E-state index in [0.29, 0.717) is 21.3 Å². The molecule has 3 aromatic rings. The molecule has 1 N–H and O–H groups in total. The lowest BCUT2D eigenvalue weighted by Crippen LogP contribution is -2.13. The molecule has 0 atom stereocenters. The normalized spacial score (nSPS) is 11.5. The van der Waals surface area contributed by atoms with Crippen LogP contribution >= 0.6 is 11.3 Å². The minimum atomic E-state index is -4.44. The SMILES string of the molecule is Cc1nc(Cc2cccc(C(F)(F)F)c2)sc1NC(=O)c1cc(F)ccc1F. The molecule has 9 heteroatoms. The summed E-state index contributed by atoms with van der Waals surface area (Å²) >= 11 is 1.06. The Labute approximate surface area is 160 Å². The highest BCUT2D eigenvalue weighted by Gasteiger charge is 2.30. The Morgan fingerprint density at radius 2 is 1.89 bits per heavy atom. The van der Waals surface area contributed by atoms with Gasteiger partial charge in [-0.05, 0) is 36.8 Å². The maximum absolute atomic E-state index is 13.7. The Hall–Kier alpha value is -2.81. The van der Waals surface area contributed by atoms with Crippen LogP contribution in [-0.2, 0) is 12.6 Å². The van der Waals surface area contributed by atoms with E-state index in [2.05, 4.69) is 10.3 Å². The molecule has 1 aromatic heterocycles. The lowest BCUT2D eigenvalue weighted by molar-refractivity contribution is -0.137. The average molecular weight is 412 g/mol. The van der Waals surface area contributed by atoms with Gasteiger partial charge in [0.15, 0.2) is 0 Å². The first-order chi connectivity index (χ1) is 13.1. The van der Waals surface area contributed by atoms with Crippen LogP contribution in [0.2, 0.25) is 0 Å². The quantitative estimate of drug-likeness (QED) is 0.568. The Balaban J connectivity index is 1.78. The predicted octanol–water partition coefficient (Wildman–Crippen LogP) is 5.59. The number of rotatable bonds is 4. The largest absolute Gasteiger partial charge is 0.416 e. The van der Waals surface area contributed by atoms with Gasteiger partial charge in [0, 0.05) is 6.42 Å². The fourth-order valence-electron chi connectivity index (χ4n) is 2.52. The van der Waals surface area contributed by atoms with Gasteiger partial charge in [0.1, 0.15) is 16.6 Å². The Bertz CT molecular complexity index is 1030. The molecular formula is C19H13F5N2OS. The molecule has 2 aromatic carbocycles. The molecule has 0 saturated carbocycles. The Morgan fingerprint density at radius 1 is 1.14 bits per heavy atom. The van der Waals surface area contributed by atoms with Crippen molar-refractivity contribution in [3.8, 4) is 0 Å². The number of alkyl halides is 3. The van der Waals surface area contributed by atoms with Crippen molar-refractivity contribution in [3.63, 3.8) is 0 Å². The number of hydrogen-bond acceptors (Lipinski definition) is 3. The van der Waals surface area contributed by atoms with E-state index < -0.39 is 34.8 Å². The monoisotopic (exact) mass is 412 g/mol. The summed E-state index contributed by atoms with van der Waals surface area (Å²) in [6.45, 7) is 1.60. The number of hydrogen-bond donors (Lipinski definition) is 1. The summed E-state index contributed by atoms with van der Waals surface area (Å²) in [7, 11) is 0. The smallest absolute Gasteiger partial charge is 0.312 e. The number of aryl methyl sites for hydroxylation is 1. The summed E-state index contributed by atoms with van der Waals surface area (Å²) < 4.78 is 65.4. The fraction of sp³-hybridized carbons (Fsp3) is 0.158. The van der Waals surface area contributed by atoms with E-state index in [1.54, 1.807) is 13.0 Å². The molecule has 0 bridgehead atoms. The number of benzene rings is 2. The fourth-order valence-corrected chi connectivity index (χ4v) is 3.51. The molecule has 0 radical (unpaired) electrons. The third-order valence-electron chi connectivity index (χ3n) is 3.85. The molecule has 3 nitrogen and oxygen atoms in total. The Kier molecular flexibility index (Phi) is 5.46. The number of amides is 1. The summed E-state index contributed by atoms with van der Waals surface area (Å²) in [5, 5.41) is 3.26. The molecule has 3 rings (SSSR count). The van der Waals surface area contributed by atoms with E-state index in [1.165, 1.54) is 6.07 Å². The van der Waals surface area contributed by atoms with Gasteiger partial charge in [0.05, 0.1) is 21.8 Å². The molecule has 0 spiro atoms. The third-order valence-corrected chi connectivity index (χ3v) is 4.92. The zero-order valence-electron chi connectivity index (χ0n) is 14.4. The maximum Gasteiger partial charge on any atom is 0.416 e. The van der Waals surface area contributed by atoms with Gasteiger partial charge in [-0.25, -0.2) is 13.8 Å². The summed E-state index contributed by atoms with van der Waals surface area (Å²) in [6.07, 6.45) is -4.30. The number of nitrogens with one attached hydrogen (secondary N) is 1. The van der Waals surface area contributed by atoms with Crippen LogP contribution in [0.5, 0.6) is 0 Å².